The summed E-state index contributed by atoms with van der Waals surface area (Å²) >= 11 is 0. The van der Waals surface area contributed by atoms with Gasteiger partial charge in [-0.25, -0.2) is 8.42 Å². The molecule has 156 valence electrons. The van der Waals surface area contributed by atoms with Gasteiger partial charge in [0.2, 0.25) is 5.75 Å². The van der Waals surface area contributed by atoms with E-state index in [1.54, 1.807) is 42.1 Å². The Labute approximate surface area is 165 Å². The van der Waals surface area contributed by atoms with Gasteiger partial charge in [0, 0.05) is 0 Å². The first-order chi connectivity index (χ1) is 12.7. The predicted octanol–water partition coefficient (Wildman–Crippen LogP) is 4.81. The smallest absolute Gasteiger partial charge is 0.203 e. The van der Waals surface area contributed by atoms with Gasteiger partial charge in [0.05, 0.1) is 31.8 Å². The van der Waals surface area contributed by atoms with Gasteiger partial charge in [0.15, 0.2) is 21.3 Å². The van der Waals surface area contributed by atoms with Crippen LogP contribution in [0.5, 0.6) is 17.2 Å². The number of benzene rings is 1. The minimum Gasteiger partial charge on any atom is -0.493 e. The second kappa shape index (κ2) is 10.8. The molecule has 0 bridgehead atoms. The Bertz CT molecular complexity index is 649. The first kappa shape index (κ1) is 23.6. The number of unbranched alkanes of at least 4 members (excludes halogenated alkanes) is 5. The standard InChI is InChI=1S/C21H36O5S/c1-21(2,3)27(22,23)14-12-10-8-7-9-11-13-17-15-18(24-4)20(26-6)19(16-17)25-5/h15-16H,7-14H2,1-6H3. The zero-order valence-electron chi connectivity index (χ0n) is 17.8. The van der Waals surface area contributed by atoms with Crippen LogP contribution in [0.2, 0.25) is 0 Å². The van der Waals surface area contributed by atoms with E-state index in [0.29, 0.717) is 23.0 Å². The van der Waals surface area contributed by atoms with Crippen molar-refractivity contribution in [3.8, 4) is 17.2 Å². The van der Waals surface area contributed by atoms with Crippen LogP contribution >= 0.6 is 0 Å². The van der Waals surface area contributed by atoms with E-state index >= 15 is 0 Å². The van der Waals surface area contributed by atoms with Gasteiger partial charge in [-0.15, -0.1) is 0 Å². The Hall–Kier alpha value is -1.43. The molecule has 0 atom stereocenters. The molecular formula is C21H36O5S. The van der Waals surface area contributed by atoms with Crippen LogP contribution in [0.25, 0.3) is 0 Å². The number of methoxy groups -OCH3 is 3. The van der Waals surface area contributed by atoms with Crippen molar-refractivity contribution in [1.82, 2.24) is 0 Å². The summed E-state index contributed by atoms with van der Waals surface area (Å²) in [6.45, 7) is 5.31. The fourth-order valence-corrected chi connectivity index (χ4v) is 4.11. The molecule has 0 amide bonds. The third-order valence-electron chi connectivity index (χ3n) is 4.79. The van der Waals surface area contributed by atoms with Crippen molar-refractivity contribution in [2.24, 2.45) is 0 Å². The maximum Gasteiger partial charge on any atom is 0.203 e. The molecule has 1 rings (SSSR count). The van der Waals surface area contributed by atoms with Crippen molar-refractivity contribution in [3.05, 3.63) is 17.7 Å². The molecule has 0 aromatic heterocycles. The van der Waals surface area contributed by atoms with Crippen molar-refractivity contribution in [3.63, 3.8) is 0 Å². The lowest BCUT2D eigenvalue weighted by atomic mass is 10.0. The van der Waals surface area contributed by atoms with E-state index in [4.69, 9.17) is 14.2 Å². The second-order valence-corrected chi connectivity index (χ2v) is 10.7. The molecule has 27 heavy (non-hydrogen) atoms. The van der Waals surface area contributed by atoms with E-state index in [1.165, 1.54) is 5.56 Å². The van der Waals surface area contributed by atoms with Gasteiger partial charge in [-0.05, 0) is 57.7 Å². The quantitative estimate of drug-likeness (QED) is 0.471. The van der Waals surface area contributed by atoms with E-state index < -0.39 is 14.6 Å². The molecule has 0 unspecified atom stereocenters. The molecule has 0 heterocycles. The SMILES string of the molecule is COc1cc(CCCCCCCCS(=O)(=O)C(C)(C)C)cc(OC)c1OC. The molecule has 0 aliphatic heterocycles. The average Bonchev–Trinajstić information content (AvgIpc) is 2.61. The van der Waals surface area contributed by atoms with Gasteiger partial charge in [-0.1, -0.05) is 25.7 Å². The van der Waals surface area contributed by atoms with E-state index in [-0.39, 0.29) is 0 Å². The van der Waals surface area contributed by atoms with Crippen LogP contribution in [0.1, 0.15) is 64.9 Å². The number of hydrogen-bond acceptors (Lipinski definition) is 5. The highest BCUT2D eigenvalue weighted by Crippen LogP contribution is 2.38. The Balaban J connectivity index is 2.33. The molecule has 1 aromatic carbocycles. The highest BCUT2D eigenvalue weighted by Gasteiger charge is 2.27. The van der Waals surface area contributed by atoms with Gasteiger partial charge >= 0.3 is 0 Å². The summed E-state index contributed by atoms with van der Waals surface area (Å²) in [6.07, 6.45) is 7.09. The van der Waals surface area contributed by atoms with Crippen LogP contribution in [0, 0.1) is 0 Å². The molecule has 0 saturated carbocycles. The summed E-state index contributed by atoms with van der Waals surface area (Å²) in [5, 5.41) is 0. The third kappa shape index (κ3) is 7.24. The summed E-state index contributed by atoms with van der Waals surface area (Å²) < 4.78 is 39.6. The molecule has 0 saturated heterocycles. The zero-order valence-corrected chi connectivity index (χ0v) is 18.6. The fourth-order valence-electron chi connectivity index (χ4n) is 2.91. The Morgan fingerprint density at radius 3 is 1.70 bits per heavy atom. The van der Waals surface area contributed by atoms with Crippen LogP contribution in [-0.4, -0.2) is 40.2 Å². The van der Waals surface area contributed by atoms with Gasteiger partial charge in [0.1, 0.15) is 0 Å². The molecule has 0 aliphatic rings. The number of rotatable bonds is 12. The van der Waals surface area contributed by atoms with Crippen molar-refractivity contribution in [2.75, 3.05) is 27.1 Å². The lowest BCUT2D eigenvalue weighted by Crippen LogP contribution is -2.30. The molecule has 5 nitrogen and oxygen atoms in total. The minimum atomic E-state index is -2.98. The maximum atomic E-state index is 12.1. The summed E-state index contributed by atoms with van der Waals surface area (Å²) in [5.41, 5.74) is 1.17. The highest BCUT2D eigenvalue weighted by molar-refractivity contribution is 7.92. The van der Waals surface area contributed by atoms with E-state index in [0.717, 1.165) is 44.9 Å². The summed E-state index contributed by atoms with van der Waals surface area (Å²) in [6, 6.07) is 4.00. The van der Waals surface area contributed by atoms with E-state index in [2.05, 4.69) is 0 Å². The maximum absolute atomic E-state index is 12.1. The second-order valence-electron chi connectivity index (χ2n) is 7.84. The van der Waals surface area contributed by atoms with Crippen molar-refractivity contribution in [1.29, 1.82) is 0 Å². The van der Waals surface area contributed by atoms with Crippen molar-refractivity contribution < 1.29 is 22.6 Å². The topological polar surface area (TPSA) is 61.8 Å². The van der Waals surface area contributed by atoms with Gasteiger partial charge < -0.3 is 14.2 Å². The largest absolute Gasteiger partial charge is 0.493 e. The monoisotopic (exact) mass is 400 g/mol. The summed E-state index contributed by atoms with van der Waals surface area (Å²) in [5.74, 6) is 2.29. The Kier molecular flexibility index (Phi) is 9.43. The van der Waals surface area contributed by atoms with Crippen LogP contribution in [0.15, 0.2) is 12.1 Å². The molecule has 1 aromatic rings. The van der Waals surface area contributed by atoms with Crippen molar-refractivity contribution >= 4 is 9.84 Å². The Morgan fingerprint density at radius 1 is 0.778 bits per heavy atom. The zero-order chi connectivity index (χ0) is 20.5. The molecule has 0 fully saturated rings. The molecule has 6 heteroatoms. The normalized spacial score (nSPS) is 12.1. The molecule has 0 aliphatic carbocycles. The molecule has 0 N–H and O–H groups in total. The summed E-state index contributed by atoms with van der Waals surface area (Å²) in [7, 11) is 1.87. The molecule has 0 radical (unpaired) electrons. The first-order valence-electron chi connectivity index (χ1n) is 9.67. The molecule has 0 spiro atoms. The lowest BCUT2D eigenvalue weighted by Gasteiger charge is -2.18. The minimum absolute atomic E-state index is 0.294. The van der Waals surface area contributed by atoms with E-state index in [9.17, 15) is 8.42 Å². The first-order valence-corrected chi connectivity index (χ1v) is 11.3. The Morgan fingerprint density at radius 2 is 1.26 bits per heavy atom. The van der Waals surface area contributed by atoms with Gasteiger partial charge in [-0.3, -0.25) is 0 Å². The number of hydrogen-bond donors (Lipinski definition) is 0. The number of sulfone groups is 1. The predicted molar refractivity (Wildman–Crippen MR) is 111 cm³/mol. The average molecular weight is 401 g/mol. The third-order valence-corrected chi connectivity index (χ3v) is 7.48. The number of aryl methyl sites for hydroxylation is 1. The van der Waals surface area contributed by atoms with Gasteiger partial charge in [0.25, 0.3) is 0 Å². The van der Waals surface area contributed by atoms with Crippen molar-refractivity contribution in [2.45, 2.75) is 70.5 Å². The number of ether oxygens (including phenoxy) is 3. The lowest BCUT2D eigenvalue weighted by molar-refractivity contribution is 0.323. The van der Waals surface area contributed by atoms with Crippen LogP contribution < -0.4 is 14.2 Å². The van der Waals surface area contributed by atoms with Gasteiger partial charge in [-0.2, -0.15) is 0 Å². The van der Waals surface area contributed by atoms with E-state index in [1.807, 2.05) is 12.1 Å². The fraction of sp³-hybridized carbons (Fsp3) is 0.714. The summed E-state index contributed by atoms with van der Waals surface area (Å²) in [4.78, 5) is 0. The highest BCUT2D eigenvalue weighted by atomic mass is 32.2. The van der Waals surface area contributed by atoms with Crippen LogP contribution in [-0.2, 0) is 16.3 Å². The van der Waals surface area contributed by atoms with Crippen LogP contribution in [0.4, 0.5) is 0 Å². The molecular weight excluding hydrogens is 364 g/mol. The van der Waals surface area contributed by atoms with Crippen LogP contribution in [0.3, 0.4) is 0 Å².